The highest BCUT2D eigenvalue weighted by Crippen LogP contribution is 2.16. The largest absolute Gasteiger partial charge is 0.466 e. The van der Waals surface area contributed by atoms with Crippen molar-refractivity contribution in [2.45, 2.75) is 187 Å². The van der Waals surface area contributed by atoms with Gasteiger partial charge in [-0.15, -0.1) is 0 Å². The van der Waals surface area contributed by atoms with Gasteiger partial charge in [-0.3, -0.25) is 19.9 Å². The second kappa shape index (κ2) is 35.0. The molecule has 0 aromatic carbocycles. The van der Waals surface area contributed by atoms with Gasteiger partial charge in [-0.05, 0) is 77.4 Å². The number of ether oxygens (including phenoxy) is 2. The highest BCUT2D eigenvalue weighted by atomic mass is 16.5. The lowest BCUT2D eigenvalue weighted by Crippen LogP contribution is -2.29. The van der Waals surface area contributed by atoms with Crippen molar-refractivity contribution in [2.24, 2.45) is 10.7 Å². The van der Waals surface area contributed by atoms with Gasteiger partial charge in [-0.2, -0.15) is 5.26 Å². The van der Waals surface area contributed by atoms with Crippen LogP contribution in [0.25, 0.3) is 0 Å². The van der Waals surface area contributed by atoms with Crippen LogP contribution in [-0.4, -0.2) is 61.7 Å². The monoisotopic (exact) mass is 664 g/mol. The van der Waals surface area contributed by atoms with Crippen LogP contribution in [0.4, 0.5) is 0 Å². The summed E-state index contributed by atoms with van der Waals surface area (Å²) >= 11 is 0. The van der Waals surface area contributed by atoms with Crippen LogP contribution in [0.5, 0.6) is 0 Å². The first kappa shape index (κ1) is 44.7. The number of guanidine groups is 1. The number of carbonyl (C=O) groups is 2. The summed E-state index contributed by atoms with van der Waals surface area (Å²) in [7, 11) is 0. The molecular formula is C38H73N5O4. The molecule has 0 saturated heterocycles. The molecule has 0 heterocycles. The molecule has 0 aliphatic rings. The van der Waals surface area contributed by atoms with Gasteiger partial charge in [0, 0.05) is 19.4 Å². The van der Waals surface area contributed by atoms with Crippen molar-refractivity contribution in [1.82, 2.24) is 10.2 Å². The lowest BCUT2D eigenvalue weighted by Gasteiger charge is -2.22. The SMILES string of the molecule is CCCCCCCOC(=O)CCCCCCCN(CCCCCCCC(=O)OC(CCCC)CCCCC)CCCN=C(N)NC#N. The smallest absolute Gasteiger partial charge is 0.306 e. The van der Waals surface area contributed by atoms with Gasteiger partial charge in [-0.25, -0.2) is 0 Å². The molecular weight excluding hydrogens is 590 g/mol. The quantitative estimate of drug-likeness (QED) is 0.0174. The number of rotatable bonds is 34. The number of aliphatic imine (C=N–C) groups is 1. The molecule has 0 saturated carbocycles. The van der Waals surface area contributed by atoms with Crippen molar-refractivity contribution in [3.8, 4) is 6.19 Å². The molecule has 274 valence electrons. The van der Waals surface area contributed by atoms with Crippen LogP contribution < -0.4 is 11.1 Å². The van der Waals surface area contributed by atoms with E-state index in [9.17, 15) is 9.59 Å². The number of unbranched alkanes of at least 4 members (excludes halogenated alkanes) is 15. The molecule has 0 aliphatic heterocycles. The van der Waals surface area contributed by atoms with E-state index in [1.54, 1.807) is 6.19 Å². The third-order valence-electron chi connectivity index (χ3n) is 8.63. The Morgan fingerprint density at radius 2 is 1.19 bits per heavy atom. The van der Waals surface area contributed by atoms with E-state index in [-0.39, 0.29) is 24.0 Å². The molecule has 1 unspecified atom stereocenters. The van der Waals surface area contributed by atoms with Crippen molar-refractivity contribution in [1.29, 1.82) is 5.26 Å². The zero-order chi connectivity index (χ0) is 34.6. The normalized spacial score (nSPS) is 12.2. The number of nitriles is 1. The third-order valence-corrected chi connectivity index (χ3v) is 8.63. The van der Waals surface area contributed by atoms with E-state index >= 15 is 0 Å². The van der Waals surface area contributed by atoms with E-state index in [1.165, 1.54) is 32.1 Å². The Morgan fingerprint density at radius 3 is 1.83 bits per heavy atom. The molecule has 0 bridgehead atoms. The lowest BCUT2D eigenvalue weighted by molar-refractivity contribution is -0.150. The van der Waals surface area contributed by atoms with E-state index in [0.29, 0.717) is 26.0 Å². The molecule has 0 amide bonds. The van der Waals surface area contributed by atoms with Crippen molar-refractivity contribution in [3.05, 3.63) is 0 Å². The first-order chi connectivity index (χ1) is 23.0. The molecule has 47 heavy (non-hydrogen) atoms. The zero-order valence-electron chi connectivity index (χ0n) is 30.8. The highest BCUT2D eigenvalue weighted by Gasteiger charge is 2.14. The van der Waals surface area contributed by atoms with Crippen molar-refractivity contribution in [2.75, 3.05) is 32.8 Å². The number of hydrogen-bond donors (Lipinski definition) is 2. The fraction of sp³-hybridized carbons (Fsp3) is 0.895. The summed E-state index contributed by atoms with van der Waals surface area (Å²) in [6.45, 7) is 10.8. The van der Waals surface area contributed by atoms with Crippen LogP contribution in [0.1, 0.15) is 181 Å². The van der Waals surface area contributed by atoms with E-state index in [2.05, 4.69) is 36.0 Å². The summed E-state index contributed by atoms with van der Waals surface area (Å²) in [6.07, 6.45) is 28.3. The third kappa shape index (κ3) is 32.0. The molecule has 9 nitrogen and oxygen atoms in total. The number of nitrogens with two attached hydrogens (primary N) is 1. The Kier molecular flexibility index (Phi) is 33.2. The first-order valence-corrected chi connectivity index (χ1v) is 19.5. The van der Waals surface area contributed by atoms with Crippen LogP contribution in [0.15, 0.2) is 4.99 Å². The number of nitrogens with zero attached hydrogens (tertiary/aromatic N) is 3. The summed E-state index contributed by atoms with van der Waals surface area (Å²) in [6, 6.07) is 0. The Hall–Kier alpha value is -2.34. The van der Waals surface area contributed by atoms with Gasteiger partial charge >= 0.3 is 11.9 Å². The molecule has 3 N–H and O–H groups in total. The maximum absolute atomic E-state index is 12.4. The van der Waals surface area contributed by atoms with Crippen molar-refractivity contribution < 1.29 is 19.1 Å². The lowest BCUT2D eigenvalue weighted by atomic mass is 10.1. The number of nitrogens with one attached hydrogen (secondary N) is 1. The summed E-state index contributed by atoms with van der Waals surface area (Å²) in [5.74, 6) is 0.107. The number of carbonyl (C=O) groups excluding carboxylic acids is 2. The van der Waals surface area contributed by atoms with E-state index in [1.807, 2.05) is 0 Å². The second-order valence-corrected chi connectivity index (χ2v) is 13.1. The molecule has 0 radical (unpaired) electrons. The van der Waals surface area contributed by atoms with Gasteiger partial charge in [0.15, 0.2) is 6.19 Å². The average molecular weight is 664 g/mol. The van der Waals surface area contributed by atoms with Gasteiger partial charge in [-0.1, -0.05) is 111 Å². The first-order valence-electron chi connectivity index (χ1n) is 19.5. The highest BCUT2D eigenvalue weighted by molar-refractivity contribution is 5.79. The summed E-state index contributed by atoms with van der Waals surface area (Å²) in [4.78, 5) is 31.1. The van der Waals surface area contributed by atoms with Crippen LogP contribution >= 0.6 is 0 Å². The van der Waals surface area contributed by atoms with E-state index in [0.717, 1.165) is 135 Å². The molecule has 1 atom stereocenters. The fourth-order valence-corrected chi connectivity index (χ4v) is 5.72. The Balaban J connectivity index is 4.24. The topological polar surface area (TPSA) is 130 Å². The van der Waals surface area contributed by atoms with Gasteiger partial charge in [0.2, 0.25) is 5.96 Å². The van der Waals surface area contributed by atoms with Gasteiger partial charge in [0.25, 0.3) is 0 Å². The zero-order valence-corrected chi connectivity index (χ0v) is 30.8. The molecule has 0 aliphatic carbocycles. The van der Waals surface area contributed by atoms with Crippen molar-refractivity contribution >= 4 is 17.9 Å². The summed E-state index contributed by atoms with van der Waals surface area (Å²) in [5.41, 5.74) is 5.67. The molecule has 0 aromatic heterocycles. The predicted octanol–water partition coefficient (Wildman–Crippen LogP) is 8.94. The summed E-state index contributed by atoms with van der Waals surface area (Å²) in [5, 5.41) is 11.0. The minimum absolute atomic E-state index is 0.0184. The molecule has 0 rings (SSSR count). The van der Waals surface area contributed by atoms with Crippen LogP contribution in [0.2, 0.25) is 0 Å². The van der Waals surface area contributed by atoms with Gasteiger partial charge in [0.1, 0.15) is 6.10 Å². The van der Waals surface area contributed by atoms with Crippen LogP contribution in [0.3, 0.4) is 0 Å². The van der Waals surface area contributed by atoms with Gasteiger partial charge < -0.3 is 20.1 Å². The second-order valence-electron chi connectivity index (χ2n) is 13.1. The minimum atomic E-state index is -0.0475. The Labute approximate surface area is 289 Å². The Morgan fingerprint density at radius 1 is 0.681 bits per heavy atom. The van der Waals surface area contributed by atoms with E-state index < -0.39 is 0 Å². The molecule has 0 aromatic rings. The van der Waals surface area contributed by atoms with E-state index in [4.69, 9.17) is 20.5 Å². The summed E-state index contributed by atoms with van der Waals surface area (Å²) < 4.78 is 11.2. The average Bonchev–Trinajstić information content (AvgIpc) is 3.05. The predicted molar refractivity (Wildman–Crippen MR) is 195 cm³/mol. The number of esters is 2. The molecule has 0 spiro atoms. The minimum Gasteiger partial charge on any atom is -0.466 e. The molecule has 0 fully saturated rings. The van der Waals surface area contributed by atoms with Gasteiger partial charge in [0.05, 0.1) is 6.61 Å². The van der Waals surface area contributed by atoms with Crippen LogP contribution in [0, 0.1) is 11.5 Å². The standard InChI is InChI=1S/C38H73N5O4/c1-4-7-10-17-23-33-46-36(44)27-19-13-11-15-21-30-43(32-24-29-41-38(40)42-34-39)31-22-16-12-14-20-28-37(45)47-35(25-9-6-3)26-18-8-5-2/h35H,4-33H2,1-3H3,(H3,40,41,42). The molecule has 9 heteroatoms. The Bertz CT molecular complexity index is 801. The fourth-order valence-electron chi connectivity index (χ4n) is 5.72. The maximum Gasteiger partial charge on any atom is 0.306 e. The maximum atomic E-state index is 12.4. The number of hydrogen-bond acceptors (Lipinski definition) is 7. The van der Waals surface area contributed by atoms with Crippen molar-refractivity contribution in [3.63, 3.8) is 0 Å². The van der Waals surface area contributed by atoms with Crippen LogP contribution in [-0.2, 0) is 19.1 Å².